The van der Waals surface area contributed by atoms with Crippen LogP contribution in [0.3, 0.4) is 0 Å². The molecule has 0 saturated carbocycles. The van der Waals surface area contributed by atoms with E-state index in [1.165, 1.54) is 0 Å². The lowest BCUT2D eigenvalue weighted by Gasteiger charge is -2.24. The van der Waals surface area contributed by atoms with E-state index >= 15 is 0 Å². The Morgan fingerprint density at radius 2 is 1.76 bits per heavy atom. The Morgan fingerprint density at radius 3 is 2.47 bits per heavy atom. The Balaban J connectivity index is 1.47. The maximum absolute atomic E-state index is 12.8. The van der Waals surface area contributed by atoms with Crippen molar-refractivity contribution in [1.82, 2.24) is 4.90 Å². The van der Waals surface area contributed by atoms with Gasteiger partial charge in [0, 0.05) is 17.1 Å². The Morgan fingerprint density at radius 1 is 1.06 bits per heavy atom. The van der Waals surface area contributed by atoms with Gasteiger partial charge in [0.05, 0.1) is 23.6 Å². The summed E-state index contributed by atoms with van der Waals surface area (Å²) in [4.78, 5) is 39.3. The average Bonchev–Trinajstić information content (AvgIpc) is 3.21. The summed E-state index contributed by atoms with van der Waals surface area (Å²) in [5.41, 5.74) is 3.07. The molecule has 3 aromatic carbocycles. The number of anilines is 1. The standard InChI is InChI=1S/C26H23ClN2O4S/c1-2-33-26(32)21-5-3-4-6-22(21)28-24(31)18-9-11-19(12-10-18)25-29(23(30)16-34-25)15-17-7-13-20(27)14-8-17/h3-14,25H,2,15-16H2,1H3,(H,28,31)/t25-/m1/s1. The molecule has 1 N–H and O–H groups in total. The molecule has 3 aromatic rings. The number of esters is 1. The number of hydrogen-bond donors (Lipinski definition) is 1. The second-order valence-electron chi connectivity index (χ2n) is 7.65. The lowest BCUT2D eigenvalue weighted by molar-refractivity contribution is -0.128. The Labute approximate surface area is 207 Å². The number of nitrogens with zero attached hydrogens (tertiary/aromatic N) is 1. The van der Waals surface area contributed by atoms with Gasteiger partial charge in [0.2, 0.25) is 5.91 Å². The number of halogens is 1. The van der Waals surface area contributed by atoms with Crippen LogP contribution in [-0.4, -0.2) is 35.0 Å². The fraction of sp³-hybridized carbons (Fsp3) is 0.192. The minimum Gasteiger partial charge on any atom is -0.462 e. The number of ether oxygens (including phenoxy) is 1. The number of carbonyl (C=O) groups excluding carboxylic acids is 3. The molecule has 6 nitrogen and oxygen atoms in total. The van der Waals surface area contributed by atoms with Gasteiger partial charge in [-0.3, -0.25) is 9.59 Å². The molecule has 4 rings (SSSR count). The molecule has 1 heterocycles. The molecule has 1 saturated heterocycles. The van der Waals surface area contributed by atoms with Crippen molar-refractivity contribution in [3.63, 3.8) is 0 Å². The zero-order valence-corrected chi connectivity index (χ0v) is 20.1. The largest absolute Gasteiger partial charge is 0.462 e. The van der Waals surface area contributed by atoms with E-state index in [4.69, 9.17) is 16.3 Å². The quantitative estimate of drug-likeness (QED) is 0.436. The summed E-state index contributed by atoms with van der Waals surface area (Å²) < 4.78 is 5.06. The molecule has 0 aliphatic carbocycles. The topological polar surface area (TPSA) is 75.7 Å². The van der Waals surface area contributed by atoms with E-state index in [1.54, 1.807) is 55.1 Å². The van der Waals surface area contributed by atoms with Crippen LogP contribution in [0.25, 0.3) is 0 Å². The molecule has 8 heteroatoms. The van der Waals surface area contributed by atoms with E-state index in [2.05, 4.69) is 5.32 Å². The number of para-hydroxylation sites is 1. The maximum Gasteiger partial charge on any atom is 0.340 e. The van der Waals surface area contributed by atoms with E-state index in [1.807, 2.05) is 41.3 Å². The van der Waals surface area contributed by atoms with E-state index in [0.717, 1.165) is 11.1 Å². The summed E-state index contributed by atoms with van der Waals surface area (Å²) >= 11 is 7.53. The fourth-order valence-electron chi connectivity index (χ4n) is 3.66. The summed E-state index contributed by atoms with van der Waals surface area (Å²) in [7, 11) is 0. The molecule has 2 amide bonds. The Bertz CT molecular complexity index is 1200. The van der Waals surface area contributed by atoms with E-state index in [9.17, 15) is 14.4 Å². The van der Waals surface area contributed by atoms with Gasteiger partial charge in [-0.05, 0) is 54.4 Å². The van der Waals surface area contributed by atoms with E-state index < -0.39 is 5.97 Å². The number of nitrogens with one attached hydrogen (secondary N) is 1. The molecule has 1 atom stereocenters. The van der Waals surface area contributed by atoms with Crippen LogP contribution in [0.5, 0.6) is 0 Å². The minimum atomic E-state index is -0.488. The highest BCUT2D eigenvalue weighted by atomic mass is 35.5. The third-order valence-electron chi connectivity index (χ3n) is 5.36. The molecule has 1 fully saturated rings. The van der Waals surface area contributed by atoms with Gasteiger partial charge >= 0.3 is 5.97 Å². The van der Waals surface area contributed by atoms with Gasteiger partial charge in [0.15, 0.2) is 0 Å². The predicted molar refractivity (Wildman–Crippen MR) is 134 cm³/mol. The lowest BCUT2D eigenvalue weighted by atomic mass is 10.1. The number of carbonyl (C=O) groups is 3. The zero-order valence-electron chi connectivity index (χ0n) is 18.5. The molecular weight excluding hydrogens is 472 g/mol. The van der Waals surface area contributed by atoms with E-state index in [-0.39, 0.29) is 23.8 Å². The average molecular weight is 495 g/mol. The van der Waals surface area contributed by atoms with Crippen molar-refractivity contribution in [1.29, 1.82) is 0 Å². The van der Waals surface area contributed by atoms with Crippen LogP contribution < -0.4 is 5.32 Å². The summed E-state index contributed by atoms with van der Waals surface area (Å²) in [6, 6.07) is 21.3. The number of rotatable bonds is 7. The van der Waals surface area contributed by atoms with E-state index in [0.29, 0.717) is 34.1 Å². The van der Waals surface area contributed by atoms with Gasteiger partial charge in [-0.25, -0.2) is 4.79 Å². The van der Waals surface area contributed by atoms with Crippen LogP contribution in [0, 0.1) is 0 Å². The normalized spacial score (nSPS) is 15.3. The highest BCUT2D eigenvalue weighted by Crippen LogP contribution is 2.39. The molecule has 1 aliphatic heterocycles. The first-order valence-corrected chi connectivity index (χ1v) is 12.2. The van der Waals surface area contributed by atoms with Gasteiger partial charge < -0.3 is 15.0 Å². The highest BCUT2D eigenvalue weighted by molar-refractivity contribution is 8.00. The molecule has 0 aromatic heterocycles. The smallest absolute Gasteiger partial charge is 0.340 e. The second-order valence-corrected chi connectivity index (χ2v) is 9.16. The first kappa shape index (κ1) is 23.9. The molecule has 34 heavy (non-hydrogen) atoms. The van der Waals surface area contributed by atoms with Crippen molar-refractivity contribution >= 4 is 46.8 Å². The summed E-state index contributed by atoms with van der Waals surface area (Å²) in [6.07, 6.45) is 0. The zero-order chi connectivity index (χ0) is 24.1. The maximum atomic E-state index is 12.8. The van der Waals surface area contributed by atoms with Crippen LogP contribution >= 0.6 is 23.4 Å². The van der Waals surface area contributed by atoms with Crippen molar-refractivity contribution in [2.24, 2.45) is 0 Å². The Hall–Kier alpha value is -3.29. The van der Waals surface area contributed by atoms with Crippen molar-refractivity contribution in [2.45, 2.75) is 18.8 Å². The molecule has 1 aliphatic rings. The van der Waals surface area contributed by atoms with Crippen LogP contribution in [-0.2, 0) is 16.1 Å². The number of hydrogen-bond acceptors (Lipinski definition) is 5. The molecule has 0 bridgehead atoms. The number of amides is 2. The summed E-state index contributed by atoms with van der Waals surface area (Å²) in [5.74, 6) is -0.346. The number of thioether (sulfide) groups is 1. The minimum absolute atomic E-state index is 0.0716. The van der Waals surface area contributed by atoms with Gasteiger partial charge in [-0.1, -0.05) is 48.0 Å². The predicted octanol–water partition coefficient (Wildman–Crippen LogP) is 5.54. The molecule has 174 valence electrons. The van der Waals surface area contributed by atoms with Gasteiger partial charge in [-0.15, -0.1) is 11.8 Å². The van der Waals surface area contributed by atoms with Crippen molar-refractivity contribution in [2.75, 3.05) is 17.7 Å². The van der Waals surface area contributed by atoms with Crippen molar-refractivity contribution in [3.05, 3.63) is 100 Å². The Kier molecular flexibility index (Phi) is 7.55. The van der Waals surface area contributed by atoms with Crippen molar-refractivity contribution < 1.29 is 19.1 Å². The fourth-order valence-corrected chi connectivity index (χ4v) is 4.97. The summed E-state index contributed by atoms with van der Waals surface area (Å²) in [6.45, 7) is 2.47. The van der Waals surface area contributed by atoms with Gasteiger partial charge in [0.25, 0.3) is 5.91 Å². The van der Waals surface area contributed by atoms with Crippen molar-refractivity contribution in [3.8, 4) is 0 Å². The third kappa shape index (κ3) is 5.43. The first-order chi connectivity index (χ1) is 16.5. The second kappa shape index (κ2) is 10.8. The third-order valence-corrected chi connectivity index (χ3v) is 6.87. The number of benzene rings is 3. The molecular formula is C26H23ClN2O4S. The molecule has 0 unspecified atom stereocenters. The molecule has 0 spiro atoms. The van der Waals surface area contributed by atoms with Gasteiger partial charge in [-0.2, -0.15) is 0 Å². The highest BCUT2D eigenvalue weighted by Gasteiger charge is 2.32. The van der Waals surface area contributed by atoms with Crippen LogP contribution in [0.4, 0.5) is 5.69 Å². The molecule has 0 radical (unpaired) electrons. The monoisotopic (exact) mass is 494 g/mol. The van der Waals surface area contributed by atoms with Crippen LogP contribution in [0.1, 0.15) is 44.1 Å². The lowest BCUT2D eigenvalue weighted by Crippen LogP contribution is -2.27. The van der Waals surface area contributed by atoms with Crippen LogP contribution in [0.2, 0.25) is 5.02 Å². The summed E-state index contributed by atoms with van der Waals surface area (Å²) in [5, 5.41) is 3.31. The van der Waals surface area contributed by atoms with Gasteiger partial charge in [0.1, 0.15) is 5.37 Å². The SMILES string of the molecule is CCOC(=O)c1ccccc1NC(=O)c1ccc([C@H]2SCC(=O)N2Cc2ccc(Cl)cc2)cc1. The van der Waals surface area contributed by atoms with Crippen LogP contribution in [0.15, 0.2) is 72.8 Å². The first-order valence-electron chi connectivity index (χ1n) is 10.8.